The molecule has 0 heterocycles. The minimum absolute atomic E-state index is 0.138. The van der Waals surface area contributed by atoms with Crippen LogP contribution in [0.2, 0.25) is 0 Å². The molecule has 0 bridgehead atoms. The van der Waals surface area contributed by atoms with E-state index >= 15 is 0 Å². The summed E-state index contributed by atoms with van der Waals surface area (Å²) in [6, 6.07) is 4.72. The van der Waals surface area contributed by atoms with Crippen molar-refractivity contribution in [3.63, 3.8) is 0 Å². The molecule has 0 N–H and O–H groups in total. The summed E-state index contributed by atoms with van der Waals surface area (Å²) >= 11 is 0. The Kier molecular flexibility index (Phi) is 1.95. The predicted octanol–water partition coefficient (Wildman–Crippen LogP) is 1.23. The molecule has 0 atom stereocenters. The number of benzene rings is 1. The molecule has 0 aliphatic rings. The first-order valence-corrected chi connectivity index (χ1v) is 4.85. The molecule has 0 unspecified atom stereocenters. The highest BCUT2D eigenvalue weighted by molar-refractivity contribution is 7.90. The highest BCUT2D eigenvalue weighted by atomic mass is 32.2. The van der Waals surface area contributed by atoms with Crippen molar-refractivity contribution in [1.82, 2.24) is 0 Å². The zero-order valence-corrected chi connectivity index (χ0v) is 6.73. The summed E-state index contributed by atoms with van der Waals surface area (Å²) in [5, 5.41) is 0. The molecule has 0 aliphatic heterocycles. The van der Waals surface area contributed by atoms with E-state index in [2.05, 4.69) is 0 Å². The lowest BCUT2D eigenvalue weighted by Crippen LogP contribution is -1.96. The second kappa shape index (κ2) is 2.62. The van der Waals surface area contributed by atoms with Gasteiger partial charge in [-0.1, -0.05) is 0 Å². The SMILES string of the molecule is [11CH3]S(=O)(=O)c1ccc(F)cc1. The van der Waals surface area contributed by atoms with Crippen LogP contribution in [-0.2, 0) is 9.84 Å². The van der Waals surface area contributed by atoms with Gasteiger partial charge in [0.1, 0.15) is 5.82 Å². The van der Waals surface area contributed by atoms with Crippen molar-refractivity contribution in [2.45, 2.75) is 4.90 Å². The van der Waals surface area contributed by atoms with Gasteiger partial charge in [-0.05, 0) is 24.3 Å². The Bertz CT molecular complexity index is 339. The fourth-order valence-corrected chi connectivity index (χ4v) is 1.31. The van der Waals surface area contributed by atoms with E-state index in [1.807, 2.05) is 0 Å². The summed E-state index contributed by atoms with van der Waals surface area (Å²) in [5.41, 5.74) is 0. The van der Waals surface area contributed by atoms with Gasteiger partial charge in [-0.2, -0.15) is 0 Å². The molecule has 0 fully saturated rings. The van der Waals surface area contributed by atoms with Gasteiger partial charge in [0, 0.05) is 6.26 Å². The Hall–Kier alpha value is -0.900. The van der Waals surface area contributed by atoms with Crippen LogP contribution in [0.5, 0.6) is 0 Å². The Labute approximate surface area is 64.6 Å². The molecule has 0 saturated heterocycles. The fourth-order valence-electron chi connectivity index (χ4n) is 0.682. The average molecular weight is 173 g/mol. The first-order valence-electron chi connectivity index (χ1n) is 2.96. The lowest BCUT2D eigenvalue weighted by molar-refractivity contribution is 0.600. The molecule has 0 spiro atoms. The zero-order valence-electron chi connectivity index (χ0n) is 5.91. The molecule has 0 radical (unpaired) electrons. The second-order valence-corrected chi connectivity index (χ2v) is 4.24. The Morgan fingerprint density at radius 2 is 1.64 bits per heavy atom. The van der Waals surface area contributed by atoms with Crippen LogP contribution in [0.25, 0.3) is 0 Å². The highest BCUT2D eigenvalue weighted by Gasteiger charge is 2.04. The number of sulfone groups is 1. The van der Waals surface area contributed by atoms with Crippen LogP contribution in [0, 0.1) is 5.82 Å². The number of rotatable bonds is 1. The molecular weight excluding hydrogens is 166 g/mol. The molecule has 0 aromatic heterocycles. The van der Waals surface area contributed by atoms with E-state index in [4.69, 9.17) is 0 Å². The third kappa shape index (κ3) is 2.01. The normalized spacial score (nSPS) is 11.5. The van der Waals surface area contributed by atoms with E-state index in [1.54, 1.807) is 0 Å². The lowest BCUT2D eigenvalue weighted by Gasteiger charge is -1.95. The van der Waals surface area contributed by atoms with Gasteiger partial charge in [-0.3, -0.25) is 0 Å². The fraction of sp³-hybridized carbons (Fsp3) is 0.143. The maximum atomic E-state index is 12.3. The Morgan fingerprint density at radius 3 is 2.00 bits per heavy atom. The smallest absolute Gasteiger partial charge is 0.175 e. The summed E-state index contributed by atoms with van der Waals surface area (Å²) in [4.78, 5) is 0.138. The van der Waals surface area contributed by atoms with Crippen molar-refractivity contribution in [2.75, 3.05) is 6.26 Å². The summed E-state index contributed by atoms with van der Waals surface area (Å²) < 4.78 is 33.9. The van der Waals surface area contributed by atoms with Crippen LogP contribution >= 0.6 is 0 Å². The molecule has 2 nitrogen and oxygen atoms in total. The van der Waals surface area contributed by atoms with Gasteiger partial charge in [0.15, 0.2) is 9.84 Å². The van der Waals surface area contributed by atoms with Gasteiger partial charge in [0.05, 0.1) is 4.90 Å². The lowest BCUT2D eigenvalue weighted by atomic mass is 10.4. The molecule has 4 heteroatoms. The number of halogens is 1. The van der Waals surface area contributed by atoms with Crippen LogP contribution in [0.1, 0.15) is 0 Å². The van der Waals surface area contributed by atoms with Gasteiger partial charge in [0.25, 0.3) is 0 Å². The van der Waals surface area contributed by atoms with Gasteiger partial charge in [0.2, 0.25) is 0 Å². The number of hydrogen-bond acceptors (Lipinski definition) is 2. The molecule has 0 aliphatic carbocycles. The van der Waals surface area contributed by atoms with E-state index in [0.29, 0.717) is 0 Å². The molecule has 1 rings (SSSR count). The van der Waals surface area contributed by atoms with Crippen LogP contribution in [0.15, 0.2) is 29.2 Å². The second-order valence-electron chi connectivity index (χ2n) is 2.23. The van der Waals surface area contributed by atoms with E-state index < -0.39 is 15.7 Å². The molecule has 0 saturated carbocycles. The Morgan fingerprint density at radius 1 is 1.18 bits per heavy atom. The average Bonchev–Trinajstić information content (AvgIpc) is 1.86. The van der Waals surface area contributed by atoms with Gasteiger partial charge in [-0.25, -0.2) is 12.8 Å². The first kappa shape index (κ1) is 8.20. The third-order valence-electron chi connectivity index (χ3n) is 1.24. The molecule has 1 aromatic rings. The van der Waals surface area contributed by atoms with Crippen molar-refractivity contribution in [1.29, 1.82) is 0 Å². The topological polar surface area (TPSA) is 34.1 Å². The van der Waals surface area contributed by atoms with E-state index in [1.165, 1.54) is 12.1 Å². The monoisotopic (exact) mass is 173 g/mol. The van der Waals surface area contributed by atoms with Crippen molar-refractivity contribution in [3.05, 3.63) is 30.1 Å². The minimum Gasteiger partial charge on any atom is -0.224 e. The van der Waals surface area contributed by atoms with Crippen LogP contribution < -0.4 is 0 Å². The summed E-state index contributed by atoms with van der Waals surface area (Å²) in [7, 11) is -3.19. The summed E-state index contributed by atoms with van der Waals surface area (Å²) in [6.07, 6.45) is 1.08. The van der Waals surface area contributed by atoms with Crippen molar-refractivity contribution >= 4 is 9.84 Å². The largest absolute Gasteiger partial charge is 0.224 e. The number of hydrogen-bond donors (Lipinski definition) is 0. The Balaban J connectivity index is 3.20. The van der Waals surface area contributed by atoms with Crippen LogP contribution in [-0.4, -0.2) is 14.7 Å². The van der Waals surface area contributed by atoms with Crippen LogP contribution in [0.4, 0.5) is 4.39 Å². The third-order valence-corrected chi connectivity index (χ3v) is 2.37. The van der Waals surface area contributed by atoms with Crippen LogP contribution in [0.3, 0.4) is 0 Å². The quantitative estimate of drug-likeness (QED) is 0.598. The van der Waals surface area contributed by atoms with Gasteiger partial charge < -0.3 is 0 Å². The van der Waals surface area contributed by atoms with Crippen molar-refractivity contribution in [3.8, 4) is 0 Å². The molecular formula is C7H7FO2S. The molecule has 1 aromatic carbocycles. The maximum Gasteiger partial charge on any atom is 0.175 e. The molecule has 60 valence electrons. The van der Waals surface area contributed by atoms with E-state index in [-0.39, 0.29) is 4.90 Å². The summed E-state index contributed by atoms with van der Waals surface area (Å²) in [5.74, 6) is -0.433. The predicted molar refractivity (Wildman–Crippen MR) is 39.5 cm³/mol. The minimum atomic E-state index is -3.19. The van der Waals surface area contributed by atoms with Crippen molar-refractivity contribution in [2.24, 2.45) is 0 Å². The molecule has 11 heavy (non-hydrogen) atoms. The van der Waals surface area contributed by atoms with Gasteiger partial charge in [-0.15, -0.1) is 0 Å². The van der Waals surface area contributed by atoms with Crippen molar-refractivity contribution < 1.29 is 12.8 Å². The maximum absolute atomic E-state index is 12.3. The van der Waals surface area contributed by atoms with Gasteiger partial charge >= 0.3 is 0 Å². The zero-order chi connectivity index (χ0) is 8.48. The summed E-state index contributed by atoms with van der Waals surface area (Å²) in [6.45, 7) is 0. The molecule has 0 amide bonds. The first-order chi connectivity index (χ1) is 5.00. The standard InChI is InChI=1S/C7H7FO2S/c1-11(9,10)7-4-2-6(8)3-5-7/h2-5H,1H3/i1-1. The highest BCUT2D eigenvalue weighted by Crippen LogP contribution is 2.08. The van der Waals surface area contributed by atoms with E-state index in [0.717, 1.165) is 18.4 Å². The van der Waals surface area contributed by atoms with E-state index in [9.17, 15) is 12.8 Å².